The first-order valence-electron chi connectivity index (χ1n) is 7.13. The Balaban J connectivity index is 2.92. The Hall–Kier alpha value is -0.380. The molecule has 0 amide bonds. The number of rotatable bonds is 7. The molecule has 1 atom stereocenters. The van der Waals surface area contributed by atoms with E-state index in [1.54, 1.807) is 0 Å². The van der Waals surface area contributed by atoms with Crippen molar-refractivity contribution in [3.05, 3.63) is 34.3 Å². The molecule has 1 N–H and O–H groups in total. The maximum absolute atomic E-state index is 3.65. The van der Waals surface area contributed by atoms with Crippen LogP contribution in [-0.4, -0.2) is 36.6 Å². The van der Waals surface area contributed by atoms with E-state index in [1.807, 2.05) is 0 Å². The molecular weight excluding hydrogens is 300 g/mol. The van der Waals surface area contributed by atoms with Gasteiger partial charge in [0.1, 0.15) is 0 Å². The molecule has 1 aromatic carbocycles. The van der Waals surface area contributed by atoms with Crippen LogP contribution < -0.4 is 5.32 Å². The lowest BCUT2D eigenvalue weighted by Crippen LogP contribution is -2.57. The van der Waals surface area contributed by atoms with Crippen LogP contribution in [0.4, 0.5) is 0 Å². The monoisotopic (exact) mass is 326 g/mol. The van der Waals surface area contributed by atoms with Crippen LogP contribution >= 0.6 is 15.9 Å². The SMILES string of the molecule is CCN(CC)C(C)(C)C(Cc1ccccc1Br)NC. The van der Waals surface area contributed by atoms with Gasteiger partial charge in [-0.05, 0) is 52.0 Å². The van der Waals surface area contributed by atoms with Gasteiger partial charge >= 0.3 is 0 Å². The van der Waals surface area contributed by atoms with E-state index in [-0.39, 0.29) is 5.54 Å². The first-order valence-corrected chi connectivity index (χ1v) is 7.92. The third-order valence-corrected chi connectivity index (χ3v) is 4.94. The zero-order valence-electron chi connectivity index (χ0n) is 12.8. The minimum atomic E-state index is 0.132. The Kier molecular flexibility index (Phi) is 6.51. The molecule has 0 fully saturated rings. The van der Waals surface area contributed by atoms with E-state index in [4.69, 9.17) is 0 Å². The van der Waals surface area contributed by atoms with Gasteiger partial charge in [0.25, 0.3) is 0 Å². The van der Waals surface area contributed by atoms with Crippen molar-refractivity contribution in [2.45, 2.75) is 45.7 Å². The smallest absolute Gasteiger partial charge is 0.0309 e. The number of nitrogens with zero attached hydrogens (tertiary/aromatic N) is 1. The number of hydrogen-bond acceptors (Lipinski definition) is 2. The molecule has 2 nitrogen and oxygen atoms in total. The van der Waals surface area contributed by atoms with Crippen LogP contribution in [0.5, 0.6) is 0 Å². The van der Waals surface area contributed by atoms with E-state index in [9.17, 15) is 0 Å². The molecule has 0 aromatic heterocycles. The number of nitrogens with one attached hydrogen (secondary N) is 1. The summed E-state index contributed by atoms with van der Waals surface area (Å²) in [4.78, 5) is 2.52. The number of benzene rings is 1. The Morgan fingerprint density at radius 1 is 1.21 bits per heavy atom. The van der Waals surface area contributed by atoms with Crippen LogP contribution in [0, 0.1) is 0 Å². The van der Waals surface area contributed by atoms with Gasteiger partial charge in [-0.25, -0.2) is 0 Å². The zero-order valence-corrected chi connectivity index (χ0v) is 14.4. The summed E-state index contributed by atoms with van der Waals surface area (Å²) in [6.07, 6.45) is 1.03. The van der Waals surface area contributed by atoms with Gasteiger partial charge in [0.05, 0.1) is 0 Å². The molecule has 1 unspecified atom stereocenters. The maximum Gasteiger partial charge on any atom is 0.0309 e. The second-order valence-corrected chi connectivity index (χ2v) is 6.32. The molecule has 0 aliphatic carbocycles. The van der Waals surface area contributed by atoms with Gasteiger partial charge in [-0.3, -0.25) is 4.90 Å². The molecule has 1 rings (SSSR count). The minimum absolute atomic E-state index is 0.132. The van der Waals surface area contributed by atoms with Gasteiger partial charge in [0.15, 0.2) is 0 Å². The highest BCUT2D eigenvalue weighted by Gasteiger charge is 2.33. The van der Waals surface area contributed by atoms with Crippen LogP contribution in [0.2, 0.25) is 0 Å². The topological polar surface area (TPSA) is 15.3 Å². The summed E-state index contributed by atoms with van der Waals surface area (Å²) in [5.41, 5.74) is 1.50. The summed E-state index contributed by atoms with van der Waals surface area (Å²) in [5, 5.41) is 3.50. The fourth-order valence-electron chi connectivity index (χ4n) is 2.85. The van der Waals surface area contributed by atoms with E-state index in [1.165, 1.54) is 10.0 Å². The summed E-state index contributed by atoms with van der Waals surface area (Å²) >= 11 is 3.65. The molecule has 0 aliphatic heterocycles. The summed E-state index contributed by atoms with van der Waals surface area (Å²) in [7, 11) is 2.06. The summed E-state index contributed by atoms with van der Waals surface area (Å²) in [6.45, 7) is 11.3. The third-order valence-electron chi connectivity index (χ3n) is 4.16. The van der Waals surface area contributed by atoms with E-state index in [0.29, 0.717) is 6.04 Å². The Morgan fingerprint density at radius 2 is 1.79 bits per heavy atom. The van der Waals surface area contributed by atoms with E-state index < -0.39 is 0 Å². The van der Waals surface area contributed by atoms with Crippen molar-refractivity contribution < 1.29 is 0 Å². The van der Waals surface area contributed by atoms with Crippen LogP contribution in [0.3, 0.4) is 0 Å². The van der Waals surface area contributed by atoms with Crippen LogP contribution in [0.25, 0.3) is 0 Å². The van der Waals surface area contributed by atoms with Gasteiger partial charge in [-0.15, -0.1) is 0 Å². The van der Waals surface area contributed by atoms with Crippen molar-refractivity contribution in [2.75, 3.05) is 20.1 Å². The highest BCUT2D eigenvalue weighted by Crippen LogP contribution is 2.25. The predicted molar refractivity (Wildman–Crippen MR) is 87.7 cm³/mol. The van der Waals surface area contributed by atoms with Gasteiger partial charge in [-0.1, -0.05) is 48.0 Å². The lowest BCUT2D eigenvalue weighted by molar-refractivity contribution is 0.0943. The molecule has 1 aromatic rings. The highest BCUT2D eigenvalue weighted by molar-refractivity contribution is 9.10. The van der Waals surface area contributed by atoms with Gasteiger partial charge < -0.3 is 5.32 Å². The number of hydrogen-bond donors (Lipinski definition) is 1. The Bertz CT molecular complexity index is 386. The second-order valence-electron chi connectivity index (χ2n) is 5.46. The minimum Gasteiger partial charge on any atom is -0.315 e. The molecular formula is C16H27BrN2. The molecule has 3 heteroatoms. The molecule has 0 aliphatic rings. The first-order chi connectivity index (χ1) is 8.97. The van der Waals surface area contributed by atoms with Crippen molar-refractivity contribution in [1.29, 1.82) is 0 Å². The highest BCUT2D eigenvalue weighted by atomic mass is 79.9. The van der Waals surface area contributed by atoms with Crippen LogP contribution in [-0.2, 0) is 6.42 Å². The van der Waals surface area contributed by atoms with Gasteiger partial charge in [-0.2, -0.15) is 0 Å². The lowest BCUT2D eigenvalue weighted by Gasteiger charge is -2.43. The number of halogens is 1. The van der Waals surface area contributed by atoms with E-state index in [0.717, 1.165) is 19.5 Å². The number of likely N-dealkylation sites (N-methyl/N-ethyl adjacent to an activating group) is 2. The molecule has 0 saturated carbocycles. The first kappa shape index (κ1) is 16.7. The molecule has 0 saturated heterocycles. The summed E-state index contributed by atoms with van der Waals surface area (Å²) < 4.78 is 1.20. The average molecular weight is 327 g/mol. The standard InChI is InChI=1S/C16H27BrN2/c1-6-19(7-2)16(3,4)15(18-5)12-13-10-8-9-11-14(13)17/h8-11,15,18H,6-7,12H2,1-5H3. The lowest BCUT2D eigenvalue weighted by atomic mass is 9.87. The maximum atomic E-state index is 3.65. The quantitative estimate of drug-likeness (QED) is 0.821. The fourth-order valence-corrected chi connectivity index (χ4v) is 3.29. The normalized spacial score (nSPS) is 13.8. The molecule has 0 heterocycles. The Morgan fingerprint density at radius 3 is 2.26 bits per heavy atom. The van der Waals surface area contributed by atoms with Crippen molar-refractivity contribution in [2.24, 2.45) is 0 Å². The Labute approximate surface area is 126 Å². The van der Waals surface area contributed by atoms with E-state index in [2.05, 4.69) is 85.2 Å². The van der Waals surface area contributed by atoms with Crippen molar-refractivity contribution in [3.63, 3.8) is 0 Å². The second kappa shape index (κ2) is 7.41. The van der Waals surface area contributed by atoms with Crippen molar-refractivity contribution >= 4 is 15.9 Å². The zero-order chi connectivity index (χ0) is 14.5. The third kappa shape index (κ3) is 4.04. The largest absolute Gasteiger partial charge is 0.315 e. The molecule has 0 radical (unpaired) electrons. The van der Waals surface area contributed by atoms with Crippen molar-refractivity contribution in [3.8, 4) is 0 Å². The van der Waals surface area contributed by atoms with Crippen molar-refractivity contribution in [1.82, 2.24) is 10.2 Å². The summed E-state index contributed by atoms with van der Waals surface area (Å²) in [5.74, 6) is 0. The van der Waals surface area contributed by atoms with Crippen LogP contribution in [0.15, 0.2) is 28.7 Å². The molecule has 0 bridgehead atoms. The van der Waals surface area contributed by atoms with E-state index >= 15 is 0 Å². The molecule has 0 spiro atoms. The molecule has 19 heavy (non-hydrogen) atoms. The predicted octanol–water partition coefficient (Wildman–Crippen LogP) is 3.70. The van der Waals surface area contributed by atoms with Crippen LogP contribution in [0.1, 0.15) is 33.3 Å². The average Bonchev–Trinajstić information content (AvgIpc) is 2.38. The van der Waals surface area contributed by atoms with Gasteiger partial charge in [0, 0.05) is 16.1 Å². The fraction of sp³-hybridized carbons (Fsp3) is 0.625. The summed E-state index contributed by atoms with van der Waals surface area (Å²) in [6, 6.07) is 8.92. The molecule has 108 valence electrons. The van der Waals surface area contributed by atoms with Gasteiger partial charge in [0.2, 0.25) is 0 Å².